The number of benzene rings is 1. The molecule has 0 aliphatic heterocycles. The van der Waals surface area contributed by atoms with E-state index in [0.717, 1.165) is 34.8 Å². The van der Waals surface area contributed by atoms with Gasteiger partial charge < -0.3 is 9.84 Å². The molecule has 0 fully saturated rings. The van der Waals surface area contributed by atoms with Crippen LogP contribution >= 0.6 is 11.3 Å². The SMILES string of the molecule is CC(CCOc1ccc(Cc2sc(=O)[nH]c2O)cc1)c1ccccn1. The van der Waals surface area contributed by atoms with Gasteiger partial charge in [-0.3, -0.25) is 14.8 Å². The van der Waals surface area contributed by atoms with E-state index in [-0.39, 0.29) is 10.8 Å². The van der Waals surface area contributed by atoms with Gasteiger partial charge in [0.15, 0.2) is 0 Å². The molecule has 0 spiro atoms. The van der Waals surface area contributed by atoms with Gasteiger partial charge in [-0.15, -0.1) is 0 Å². The fourth-order valence-electron chi connectivity index (χ4n) is 2.53. The monoisotopic (exact) mass is 356 g/mol. The number of pyridine rings is 1. The van der Waals surface area contributed by atoms with E-state index in [2.05, 4.69) is 16.9 Å². The van der Waals surface area contributed by atoms with Gasteiger partial charge >= 0.3 is 4.87 Å². The lowest BCUT2D eigenvalue weighted by Crippen LogP contribution is -2.04. The molecule has 6 heteroatoms. The van der Waals surface area contributed by atoms with Crippen molar-refractivity contribution in [1.82, 2.24) is 9.97 Å². The van der Waals surface area contributed by atoms with Crippen LogP contribution in [0.15, 0.2) is 53.5 Å². The summed E-state index contributed by atoms with van der Waals surface area (Å²) in [5.41, 5.74) is 2.09. The first-order valence-corrected chi connectivity index (χ1v) is 8.97. The average molecular weight is 356 g/mol. The molecule has 0 aliphatic rings. The summed E-state index contributed by atoms with van der Waals surface area (Å²) in [6, 6.07) is 13.7. The van der Waals surface area contributed by atoms with Crippen molar-refractivity contribution in [3.05, 3.63) is 74.5 Å². The van der Waals surface area contributed by atoms with Crippen molar-refractivity contribution >= 4 is 11.3 Å². The van der Waals surface area contributed by atoms with Crippen molar-refractivity contribution < 1.29 is 9.84 Å². The van der Waals surface area contributed by atoms with Gasteiger partial charge in [-0.1, -0.05) is 36.5 Å². The van der Waals surface area contributed by atoms with Crippen molar-refractivity contribution in [2.24, 2.45) is 0 Å². The number of rotatable bonds is 7. The molecule has 130 valence electrons. The third-order valence-electron chi connectivity index (χ3n) is 4.00. The molecule has 0 saturated carbocycles. The molecule has 3 rings (SSSR count). The number of aromatic nitrogens is 2. The second-order valence-electron chi connectivity index (χ2n) is 5.90. The summed E-state index contributed by atoms with van der Waals surface area (Å²) in [7, 11) is 0. The van der Waals surface area contributed by atoms with Crippen LogP contribution in [0.3, 0.4) is 0 Å². The van der Waals surface area contributed by atoms with Gasteiger partial charge in [0.05, 0.1) is 11.5 Å². The van der Waals surface area contributed by atoms with Crippen LogP contribution in [0.1, 0.15) is 35.4 Å². The normalized spacial score (nSPS) is 12.0. The topological polar surface area (TPSA) is 75.2 Å². The fraction of sp³-hybridized carbons (Fsp3) is 0.263. The van der Waals surface area contributed by atoms with E-state index in [1.807, 2.05) is 48.7 Å². The van der Waals surface area contributed by atoms with Crippen LogP contribution in [0.25, 0.3) is 0 Å². The zero-order valence-corrected chi connectivity index (χ0v) is 14.8. The highest BCUT2D eigenvalue weighted by molar-refractivity contribution is 7.09. The van der Waals surface area contributed by atoms with Gasteiger partial charge in [-0.05, 0) is 36.2 Å². The quantitative estimate of drug-likeness (QED) is 0.677. The Morgan fingerprint density at radius 2 is 2.04 bits per heavy atom. The first-order valence-electron chi connectivity index (χ1n) is 8.15. The van der Waals surface area contributed by atoms with Crippen molar-refractivity contribution in [2.75, 3.05) is 6.61 Å². The minimum atomic E-state index is -0.241. The van der Waals surface area contributed by atoms with E-state index in [4.69, 9.17) is 4.74 Å². The summed E-state index contributed by atoms with van der Waals surface area (Å²) in [4.78, 5) is 18.4. The van der Waals surface area contributed by atoms with E-state index < -0.39 is 0 Å². The lowest BCUT2D eigenvalue weighted by Gasteiger charge is -2.12. The maximum Gasteiger partial charge on any atom is 0.307 e. The number of ether oxygens (including phenoxy) is 1. The number of hydrogen-bond acceptors (Lipinski definition) is 5. The summed E-state index contributed by atoms with van der Waals surface area (Å²) in [5, 5.41) is 9.63. The highest BCUT2D eigenvalue weighted by atomic mass is 32.1. The molecule has 2 heterocycles. The Hall–Kier alpha value is -2.60. The molecule has 0 saturated heterocycles. The van der Waals surface area contributed by atoms with Crippen molar-refractivity contribution in [3.63, 3.8) is 0 Å². The van der Waals surface area contributed by atoms with E-state index in [1.165, 1.54) is 0 Å². The Kier molecular flexibility index (Phi) is 5.50. The Bertz CT molecular complexity index is 856. The maximum absolute atomic E-state index is 11.2. The Morgan fingerprint density at radius 3 is 2.68 bits per heavy atom. The largest absolute Gasteiger partial charge is 0.494 e. The van der Waals surface area contributed by atoms with Gasteiger partial charge in [0.1, 0.15) is 5.75 Å². The van der Waals surface area contributed by atoms with Gasteiger partial charge in [-0.25, -0.2) is 0 Å². The van der Waals surface area contributed by atoms with Crippen molar-refractivity contribution in [3.8, 4) is 11.6 Å². The molecule has 1 aromatic carbocycles. The predicted octanol–water partition coefficient (Wildman–Crippen LogP) is 3.70. The highest BCUT2D eigenvalue weighted by Crippen LogP contribution is 2.22. The smallest absolute Gasteiger partial charge is 0.307 e. The summed E-state index contributed by atoms with van der Waals surface area (Å²) in [5.74, 6) is 1.11. The molecule has 3 aromatic rings. The number of nitrogens with one attached hydrogen (secondary N) is 1. The minimum absolute atomic E-state index is 0.0427. The molecule has 1 unspecified atom stereocenters. The molecule has 1 atom stereocenters. The Labute approximate surface area is 150 Å². The number of thiazole rings is 1. The minimum Gasteiger partial charge on any atom is -0.494 e. The van der Waals surface area contributed by atoms with Gasteiger partial charge in [-0.2, -0.15) is 0 Å². The average Bonchev–Trinajstić information content (AvgIpc) is 2.94. The molecule has 0 bridgehead atoms. The lowest BCUT2D eigenvalue weighted by molar-refractivity contribution is 0.300. The third-order valence-corrected chi connectivity index (χ3v) is 4.87. The predicted molar refractivity (Wildman–Crippen MR) is 98.6 cm³/mol. The number of H-pyrrole nitrogens is 1. The molecule has 0 aliphatic carbocycles. The van der Waals surface area contributed by atoms with Crippen LogP contribution in [0.4, 0.5) is 0 Å². The molecule has 25 heavy (non-hydrogen) atoms. The Morgan fingerprint density at radius 1 is 1.24 bits per heavy atom. The molecule has 0 radical (unpaired) electrons. The van der Waals surface area contributed by atoms with Crippen LogP contribution in [-0.4, -0.2) is 21.7 Å². The Balaban J connectivity index is 1.51. The van der Waals surface area contributed by atoms with Crippen molar-refractivity contribution in [2.45, 2.75) is 25.7 Å². The summed E-state index contributed by atoms with van der Waals surface area (Å²) in [6.07, 6.45) is 3.22. The van der Waals surface area contributed by atoms with Crippen molar-refractivity contribution in [1.29, 1.82) is 0 Å². The lowest BCUT2D eigenvalue weighted by atomic mass is 10.0. The first-order chi connectivity index (χ1) is 12.1. The molecule has 0 amide bonds. The van der Waals surface area contributed by atoms with Gasteiger partial charge in [0, 0.05) is 24.2 Å². The number of nitrogens with zero attached hydrogens (tertiary/aromatic N) is 1. The second kappa shape index (κ2) is 7.98. The summed E-state index contributed by atoms with van der Waals surface area (Å²) >= 11 is 1.03. The molecular formula is C19H20N2O3S. The van der Waals surface area contributed by atoms with Crippen LogP contribution in [-0.2, 0) is 6.42 Å². The van der Waals surface area contributed by atoms with E-state index in [1.54, 1.807) is 0 Å². The number of aromatic amines is 1. The fourth-order valence-corrected chi connectivity index (χ4v) is 3.29. The zero-order valence-electron chi connectivity index (χ0n) is 13.9. The van der Waals surface area contributed by atoms with Crippen LogP contribution < -0.4 is 9.61 Å². The maximum atomic E-state index is 11.2. The third kappa shape index (κ3) is 4.70. The van der Waals surface area contributed by atoms with E-state index >= 15 is 0 Å². The van der Waals surface area contributed by atoms with Crippen LogP contribution in [0.2, 0.25) is 0 Å². The van der Waals surface area contributed by atoms with Gasteiger partial charge in [0.25, 0.3) is 0 Å². The van der Waals surface area contributed by atoms with E-state index in [0.29, 0.717) is 23.8 Å². The number of aromatic hydroxyl groups is 1. The molecular weight excluding hydrogens is 336 g/mol. The molecule has 5 nitrogen and oxygen atoms in total. The van der Waals surface area contributed by atoms with Crippen LogP contribution in [0, 0.1) is 0 Å². The number of hydrogen-bond donors (Lipinski definition) is 2. The molecule has 2 N–H and O–H groups in total. The highest BCUT2D eigenvalue weighted by Gasteiger charge is 2.09. The standard InChI is InChI=1S/C19H20N2O3S/c1-13(16-4-2-3-10-20-16)9-11-24-15-7-5-14(6-8-15)12-17-18(22)21-19(23)25-17/h2-8,10,13,22H,9,11-12H2,1H3,(H,21,23). The zero-order chi connectivity index (χ0) is 17.6. The summed E-state index contributed by atoms with van der Waals surface area (Å²) < 4.78 is 5.80. The van der Waals surface area contributed by atoms with Gasteiger partial charge in [0.2, 0.25) is 5.88 Å². The first kappa shape index (κ1) is 17.2. The van der Waals surface area contributed by atoms with Crippen LogP contribution in [0.5, 0.6) is 11.6 Å². The second-order valence-corrected chi connectivity index (χ2v) is 6.97. The summed E-state index contributed by atoms with van der Waals surface area (Å²) in [6.45, 7) is 2.76. The molecule has 2 aromatic heterocycles. The van der Waals surface area contributed by atoms with E-state index in [9.17, 15) is 9.90 Å².